The van der Waals surface area contributed by atoms with Gasteiger partial charge in [0.2, 0.25) is 11.9 Å². The summed E-state index contributed by atoms with van der Waals surface area (Å²) < 4.78 is 0. The number of rotatable bonds is 7. The molecule has 3 aromatic rings. The lowest BCUT2D eigenvalue weighted by Crippen LogP contribution is -2.46. The molecular formula is C24H30N8O. The van der Waals surface area contributed by atoms with Crippen LogP contribution in [0, 0.1) is 0 Å². The molecule has 3 aromatic heterocycles. The van der Waals surface area contributed by atoms with Crippen LogP contribution in [0.15, 0.2) is 30.5 Å². The van der Waals surface area contributed by atoms with Gasteiger partial charge in [0.15, 0.2) is 5.82 Å². The molecule has 1 atom stereocenters. The number of anilines is 3. The van der Waals surface area contributed by atoms with Crippen molar-refractivity contribution in [3.63, 3.8) is 0 Å². The number of nitrogens with one attached hydrogen (secondary N) is 2. The van der Waals surface area contributed by atoms with Crippen LogP contribution in [0.1, 0.15) is 44.4 Å². The SMILES string of the molecule is CCN(CC)C(=O)C1CCCN1c1nc2c(c(Nc3cc(-c4ccccn4)[nH]n3)n1)CCC2. The van der Waals surface area contributed by atoms with Gasteiger partial charge in [-0.1, -0.05) is 6.07 Å². The Morgan fingerprint density at radius 3 is 2.88 bits per heavy atom. The number of H-pyrrole nitrogens is 1. The molecule has 0 saturated carbocycles. The van der Waals surface area contributed by atoms with E-state index in [0.717, 1.165) is 80.2 Å². The van der Waals surface area contributed by atoms with Gasteiger partial charge in [0.05, 0.1) is 17.1 Å². The van der Waals surface area contributed by atoms with Crippen LogP contribution in [0.5, 0.6) is 0 Å². The molecule has 1 amide bonds. The van der Waals surface area contributed by atoms with E-state index < -0.39 is 0 Å². The van der Waals surface area contributed by atoms with Crippen molar-refractivity contribution in [3.05, 3.63) is 41.7 Å². The summed E-state index contributed by atoms with van der Waals surface area (Å²) in [7, 11) is 0. The Labute approximate surface area is 193 Å². The van der Waals surface area contributed by atoms with Crippen molar-refractivity contribution in [2.45, 2.75) is 52.0 Å². The van der Waals surface area contributed by atoms with Crippen LogP contribution in [0.2, 0.25) is 0 Å². The lowest BCUT2D eigenvalue weighted by molar-refractivity contribution is -0.132. The molecule has 33 heavy (non-hydrogen) atoms. The number of carbonyl (C=O) groups excluding carboxylic acids is 1. The standard InChI is InChI=1S/C24H30N8O/c1-3-31(4-2)23(33)20-12-8-14-32(20)24-26-17-11-7-9-16(17)22(28-24)27-21-15-19(29-30-21)18-10-5-6-13-25-18/h5-6,10,13,15,20H,3-4,7-9,11-12,14H2,1-2H3,(H2,26,27,28,29,30). The number of aryl methyl sites for hydroxylation is 1. The van der Waals surface area contributed by atoms with E-state index in [0.29, 0.717) is 11.8 Å². The molecule has 2 N–H and O–H groups in total. The zero-order chi connectivity index (χ0) is 22.8. The third kappa shape index (κ3) is 4.15. The number of fused-ring (bicyclic) bond motifs is 1. The molecule has 1 saturated heterocycles. The smallest absolute Gasteiger partial charge is 0.245 e. The van der Waals surface area contributed by atoms with Gasteiger partial charge in [0, 0.05) is 37.5 Å². The molecule has 0 bridgehead atoms. The van der Waals surface area contributed by atoms with Gasteiger partial charge in [-0.2, -0.15) is 10.1 Å². The molecule has 1 unspecified atom stereocenters. The minimum absolute atomic E-state index is 0.170. The van der Waals surface area contributed by atoms with Crippen LogP contribution in [-0.2, 0) is 17.6 Å². The molecule has 5 rings (SSSR count). The number of amides is 1. The molecule has 9 heteroatoms. The lowest BCUT2D eigenvalue weighted by Gasteiger charge is -2.29. The maximum absolute atomic E-state index is 13.1. The van der Waals surface area contributed by atoms with Crippen molar-refractivity contribution in [2.24, 2.45) is 0 Å². The number of aromatic nitrogens is 5. The fourth-order valence-electron chi connectivity index (χ4n) is 4.82. The average Bonchev–Trinajstić information content (AvgIpc) is 3.60. The normalized spacial score (nSPS) is 17.3. The summed E-state index contributed by atoms with van der Waals surface area (Å²) in [6.45, 7) is 6.28. The predicted molar refractivity (Wildman–Crippen MR) is 127 cm³/mol. The van der Waals surface area contributed by atoms with Crippen LogP contribution in [0.4, 0.5) is 17.6 Å². The van der Waals surface area contributed by atoms with Gasteiger partial charge in [-0.25, -0.2) is 4.98 Å². The second-order valence-electron chi connectivity index (χ2n) is 8.52. The highest BCUT2D eigenvalue weighted by Crippen LogP contribution is 2.33. The zero-order valence-electron chi connectivity index (χ0n) is 19.2. The van der Waals surface area contributed by atoms with Crippen molar-refractivity contribution >= 4 is 23.5 Å². The van der Waals surface area contributed by atoms with E-state index in [2.05, 4.69) is 25.4 Å². The molecule has 0 aromatic carbocycles. The summed E-state index contributed by atoms with van der Waals surface area (Å²) in [5.41, 5.74) is 3.89. The van der Waals surface area contributed by atoms with Crippen LogP contribution < -0.4 is 10.2 Å². The second kappa shape index (κ2) is 9.17. The van der Waals surface area contributed by atoms with Crippen molar-refractivity contribution < 1.29 is 4.79 Å². The van der Waals surface area contributed by atoms with Gasteiger partial charge in [-0.05, 0) is 58.1 Å². The molecule has 9 nitrogen and oxygen atoms in total. The van der Waals surface area contributed by atoms with E-state index in [9.17, 15) is 4.79 Å². The van der Waals surface area contributed by atoms with Crippen molar-refractivity contribution in [2.75, 3.05) is 29.9 Å². The number of pyridine rings is 1. The van der Waals surface area contributed by atoms with Crippen LogP contribution in [-0.4, -0.2) is 61.6 Å². The topological polar surface area (TPSA) is 103 Å². The van der Waals surface area contributed by atoms with Gasteiger partial charge in [-0.15, -0.1) is 0 Å². The van der Waals surface area contributed by atoms with Crippen molar-refractivity contribution in [1.82, 2.24) is 30.0 Å². The van der Waals surface area contributed by atoms with Gasteiger partial charge in [-0.3, -0.25) is 14.9 Å². The highest BCUT2D eigenvalue weighted by Gasteiger charge is 2.35. The van der Waals surface area contributed by atoms with Gasteiger partial charge < -0.3 is 15.1 Å². The first kappa shape index (κ1) is 21.4. The molecule has 1 aliphatic carbocycles. The molecule has 4 heterocycles. The van der Waals surface area contributed by atoms with Crippen LogP contribution in [0.25, 0.3) is 11.4 Å². The highest BCUT2D eigenvalue weighted by molar-refractivity contribution is 5.85. The van der Waals surface area contributed by atoms with E-state index in [4.69, 9.17) is 9.97 Å². The Morgan fingerprint density at radius 1 is 1.21 bits per heavy atom. The minimum atomic E-state index is -0.196. The summed E-state index contributed by atoms with van der Waals surface area (Å²) in [6, 6.07) is 7.53. The van der Waals surface area contributed by atoms with Gasteiger partial charge in [0.1, 0.15) is 11.9 Å². The average molecular weight is 447 g/mol. The first-order valence-electron chi connectivity index (χ1n) is 11.9. The van der Waals surface area contributed by atoms with E-state index >= 15 is 0 Å². The van der Waals surface area contributed by atoms with Crippen molar-refractivity contribution in [1.29, 1.82) is 0 Å². The summed E-state index contributed by atoms with van der Waals surface area (Å²) in [6.07, 6.45) is 6.50. The number of hydrogen-bond acceptors (Lipinski definition) is 7. The predicted octanol–water partition coefficient (Wildman–Crippen LogP) is 3.33. The Hall–Kier alpha value is -3.49. The molecule has 2 aliphatic rings. The molecule has 1 aliphatic heterocycles. The monoisotopic (exact) mass is 446 g/mol. The Balaban J connectivity index is 1.43. The van der Waals surface area contributed by atoms with Gasteiger partial charge >= 0.3 is 0 Å². The summed E-state index contributed by atoms with van der Waals surface area (Å²) >= 11 is 0. The quantitative estimate of drug-likeness (QED) is 0.574. The molecular weight excluding hydrogens is 416 g/mol. The third-order valence-corrected chi connectivity index (χ3v) is 6.56. The van der Waals surface area contributed by atoms with E-state index in [1.165, 1.54) is 0 Å². The first-order valence-corrected chi connectivity index (χ1v) is 11.9. The molecule has 172 valence electrons. The van der Waals surface area contributed by atoms with E-state index in [1.54, 1.807) is 6.20 Å². The van der Waals surface area contributed by atoms with E-state index in [1.807, 2.05) is 43.0 Å². The molecule has 0 radical (unpaired) electrons. The summed E-state index contributed by atoms with van der Waals surface area (Å²) in [5.74, 6) is 2.28. The highest BCUT2D eigenvalue weighted by atomic mass is 16.2. The lowest BCUT2D eigenvalue weighted by atomic mass is 10.2. The second-order valence-corrected chi connectivity index (χ2v) is 8.52. The van der Waals surface area contributed by atoms with Crippen molar-refractivity contribution in [3.8, 4) is 11.4 Å². The Kier molecular flexibility index (Phi) is 5.93. The summed E-state index contributed by atoms with van der Waals surface area (Å²) in [4.78, 5) is 31.3. The number of carbonyl (C=O) groups is 1. The fraction of sp³-hybridized carbons (Fsp3) is 0.458. The maximum atomic E-state index is 13.1. The fourth-order valence-corrected chi connectivity index (χ4v) is 4.82. The van der Waals surface area contributed by atoms with Crippen LogP contribution in [0.3, 0.4) is 0 Å². The van der Waals surface area contributed by atoms with E-state index in [-0.39, 0.29) is 11.9 Å². The molecule has 1 fully saturated rings. The number of hydrogen-bond donors (Lipinski definition) is 2. The number of nitrogens with zero attached hydrogens (tertiary/aromatic N) is 6. The maximum Gasteiger partial charge on any atom is 0.245 e. The molecule has 0 spiro atoms. The minimum Gasteiger partial charge on any atom is -0.341 e. The largest absolute Gasteiger partial charge is 0.341 e. The first-order chi connectivity index (χ1) is 16.2. The number of likely N-dealkylation sites (N-methyl/N-ethyl adjacent to an activating group) is 1. The zero-order valence-corrected chi connectivity index (χ0v) is 19.2. The Bertz CT molecular complexity index is 1120. The van der Waals surface area contributed by atoms with Crippen LogP contribution >= 0.6 is 0 Å². The van der Waals surface area contributed by atoms with Gasteiger partial charge in [0.25, 0.3) is 0 Å². The third-order valence-electron chi connectivity index (χ3n) is 6.56. The summed E-state index contributed by atoms with van der Waals surface area (Å²) in [5, 5.41) is 10.9. The number of aromatic amines is 1. The Morgan fingerprint density at radius 2 is 2.09 bits per heavy atom.